The molecule has 4 aliphatic rings. The molecule has 1 amide bonds. The summed E-state index contributed by atoms with van der Waals surface area (Å²) < 4.78 is 41.1. The van der Waals surface area contributed by atoms with E-state index in [9.17, 15) is 39.3 Å². The largest absolute Gasteiger partial charge is 0.497 e. The number of aliphatic hydroxyl groups is 3. The van der Waals surface area contributed by atoms with E-state index in [1.165, 1.54) is 40.0 Å². The molecule has 4 N–H and O–H groups in total. The van der Waals surface area contributed by atoms with Gasteiger partial charge in [0, 0.05) is 31.6 Å². The summed E-state index contributed by atoms with van der Waals surface area (Å²) in [7, 11) is 1.40. The Labute approximate surface area is 362 Å². The van der Waals surface area contributed by atoms with Crippen LogP contribution in [-0.2, 0) is 47.6 Å². The van der Waals surface area contributed by atoms with Gasteiger partial charge in [-0.25, -0.2) is 14.4 Å². The fourth-order valence-corrected chi connectivity index (χ4v) is 9.85. The molecule has 0 radical (unpaired) electrons. The van der Waals surface area contributed by atoms with Gasteiger partial charge in [-0.3, -0.25) is 14.4 Å². The molecule has 1 heterocycles. The molecule has 2 bridgehead atoms. The van der Waals surface area contributed by atoms with Crippen molar-refractivity contribution in [1.29, 1.82) is 0 Å². The van der Waals surface area contributed by atoms with E-state index in [2.05, 4.69) is 5.32 Å². The Morgan fingerprint density at radius 1 is 1.05 bits per heavy atom. The molecule has 3 fully saturated rings. The van der Waals surface area contributed by atoms with Gasteiger partial charge < -0.3 is 53.8 Å². The minimum absolute atomic E-state index is 0.00114. The Morgan fingerprint density at radius 3 is 2.26 bits per heavy atom. The van der Waals surface area contributed by atoms with Crippen LogP contribution in [-0.4, -0.2) is 124 Å². The highest BCUT2D eigenvalue weighted by molar-refractivity contribution is 5.96. The number of aliphatic hydroxyl groups excluding tert-OH is 2. The van der Waals surface area contributed by atoms with Crippen LogP contribution in [0.5, 0.6) is 5.75 Å². The zero-order valence-corrected chi connectivity index (χ0v) is 37.7. The SMILES string of the molecule is CCC(=O)O[C@H]1C(=O)[C@@]2(C)C([C@H](OC(=O)c3cccc(OC)c3)[C@]3(O)C[C@H](OC(=O)[C@H](O)[C@H](CC(C)C)NC(=O)OC(C)(C)C)C(C)=C1C3(C)C)[C@]1(OC(C)=O)CO[C@@H]1C[C@@H]2O. The van der Waals surface area contributed by atoms with Gasteiger partial charge in [-0.05, 0) is 76.3 Å². The molecule has 5 rings (SSSR count). The van der Waals surface area contributed by atoms with E-state index in [1.54, 1.807) is 46.8 Å². The van der Waals surface area contributed by atoms with Gasteiger partial charge in [-0.1, -0.05) is 40.7 Å². The van der Waals surface area contributed by atoms with Crippen LogP contribution in [0.25, 0.3) is 0 Å². The molecular weight excluding hydrogens is 810 g/mol. The second kappa shape index (κ2) is 17.5. The first-order valence-corrected chi connectivity index (χ1v) is 21.1. The average molecular weight is 874 g/mol. The second-order valence-electron chi connectivity index (χ2n) is 19.1. The van der Waals surface area contributed by atoms with Gasteiger partial charge in [0.2, 0.25) is 0 Å². The molecule has 344 valence electrons. The lowest BCUT2D eigenvalue weighted by molar-refractivity contribution is -0.346. The number of benzene rings is 1. The van der Waals surface area contributed by atoms with Crippen LogP contribution in [0.4, 0.5) is 4.79 Å². The molecule has 17 heteroatoms. The summed E-state index contributed by atoms with van der Waals surface area (Å²) in [5.74, 6) is -6.07. The van der Waals surface area contributed by atoms with E-state index in [4.69, 9.17) is 33.2 Å². The van der Waals surface area contributed by atoms with E-state index in [-0.39, 0.29) is 48.5 Å². The topological polar surface area (TPSA) is 240 Å². The first-order chi connectivity index (χ1) is 28.7. The highest BCUT2D eigenvalue weighted by Crippen LogP contribution is 2.64. The van der Waals surface area contributed by atoms with Crippen LogP contribution in [0, 0.1) is 22.7 Å². The maximum Gasteiger partial charge on any atom is 0.407 e. The van der Waals surface area contributed by atoms with Crippen LogP contribution in [0.3, 0.4) is 0 Å². The van der Waals surface area contributed by atoms with Gasteiger partial charge in [0.15, 0.2) is 23.6 Å². The van der Waals surface area contributed by atoms with Crippen LogP contribution >= 0.6 is 0 Å². The lowest BCUT2D eigenvalue weighted by atomic mass is 9.44. The number of Topliss-reactive ketones (excluding diaryl/α,β-unsaturated/α-hetero) is 1. The third-order valence-electron chi connectivity index (χ3n) is 13.0. The number of nitrogens with one attached hydrogen (secondary N) is 1. The van der Waals surface area contributed by atoms with Crippen LogP contribution in [0.1, 0.15) is 112 Å². The third-order valence-corrected chi connectivity index (χ3v) is 13.0. The molecule has 1 aromatic rings. The first kappa shape index (κ1) is 48.5. The lowest BCUT2D eigenvalue weighted by Gasteiger charge is -2.67. The molecule has 2 saturated carbocycles. The number of esters is 4. The Kier molecular flexibility index (Phi) is 13.7. The van der Waals surface area contributed by atoms with Crippen molar-refractivity contribution in [2.45, 2.75) is 161 Å². The van der Waals surface area contributed by atoms with Gasteiger partial charge in [0.1, 0.15) is 35.3 Å². The van der Waals surface area contributed by atoms with Crippen molar-refractivity contribution >= 4 is 35.8 Å². The predicted molar refractivity (Wildman–Crippen MR) is 218 cm³/mol. The average Bonchev–Trinajstić information content (AvgIpc) is 3.17. The Hall–Kier alpha value is -4.58. The summed E-state index contributed by atoms with van der Waals surface area (Å²) in [4.78, 5) is 83.4. The van der Waals surface area contributed by atoms with E-state index < -0.39 is 118 Å². The molecule has 0 spiro atoms. The summed E-state index contributed by atoms with van der Waals surface area (Å²) in [6.45, 7) is 17.0. The standard InChI is InChI=1S/C45H63NO16/c1-13-31(49)59-34-32-23(4)28(58-39(53)33(50)27(17-22(2)3)46-40(54)62-41(6,7)8)20-45(55,42(32,9)10)37(60-38(52)25-15-14-16-26(18-25)56-12)35-43(11,36(34)51)29(48)19-30-44(35,21-57-30)61-24(5)47/h14-16,18,22,27-30,33-35,37,48,50,55H,13,17,19-21H2,1-12H3,(H,46,54)/t27-,28-,29-,30+,33+,34+,35?,37-,43+,44-,45+/m0/s1. The summed E-state index contributed by atoms with van der Waals surface area (Å²) in [6.07, 6.45) is -11.5. The number of rotatable bonds is 12. The highest BCUT2D eigenvalue weighted by atomic mass is 16.6. The summed E-state index contributed by atoms with van der Waals surface area (Å²) >= 11 is 0. The van der Waals surface area contributed by atoms with Crippen molar-refractivity contribution in [3.63, 3.8) is 0 Å². The van der Waals surface area contributed by atoms with E-state index in [0.717, 1.165) is 6.92 Å². The minimum atomic E-state index is -2.41. The number of amides is 1. The van der Waals surface area contributed by atoms with Crippen LogP contribution in [0.15, 0.2) is 35.4 Å². The molecule has 11 atom stereocenters. The van der Waals surface area contributed by atoms with Crippen molar-refractivity contribution in [3.05, 3.63) is 41.0 Å². The quantitative estimate of drug-likeness (QED) is 0.132. The molecule has 62 heavy (non-hydrogen) atoms. The van der Waals surface area contributed by atoms with Gasteiger partial charge >= 0.3 is 30.0 Å². The highest BCUT2D eigenvalue weighted by Gasteiger charge is 2.78. The van der Waals surface area contributed by atoms with Gasteiger partial charge in [-0.2, -0.15) is 0 Å². The Balaban J connectivity index is 1.75. The normalized spacial score (nSPS) is 32.3. The lowest BCUT2D eigenvalue weighted by Crippen LogP contribution is -2.82. The van der Waals surface area contributed by atoms with E-state index >= 15 is 4.79 Å². The number of hydrogen-bond donors (Lipinski definition) is 4. The molecule has 3 aliphatic carbocycles. The minimum Gasteiger partial charge on any atom is -0.497 e. The maximum absolute atomic E-state index is 15.6. The van der Waals surface area contributed by atoms with Crippen molar-refractivity contribution < 1.29 is 77.2 Å². The molecule has 1 unspecified atom stereocenters. The monoisotopic (exact) mass is 873 g/mol. The smallest absolute Gasteiger partial charge is 0.407 e. The summed E-state index contributed by atoms with van der Waals surface area (Å²) in [5.41, 5.74) is -8.69. The molecule has 1 aromatic carbocycles. The molecule has 0 aromatic heterocycles. The Morgan fingerprint density at radius 2 is 1.71 bits per heavy atom. The number of methoxy groups -OCH3 is 1. The van der Waals surface area contributed by atoms with Crippen molar-refractivity contribution in [1.82, 2.24) is 5.32 Å². The van der Waals surface area contributed by atoms with Gasteiger partial charge in [0.05, 0.1) is 42.8 Å². The molecular formula is C45H63NO16. The fraction of sp³-hybridized carbons (Fsp3) is 0.689. The molecule has 1 saturated heterocycles. The molecule has 1 aliphatic heterocycles. The first-order valence-electron chi connectivity index (χ1n) is 21.1. The molecule has 17 nitrogen and oxygen atoms in total. The second-order valence-corrected chi connectivity index (χ2v) is 19.1. The van der Waals surface area contributed by atoms with E-state index in [1.807, 2.05) is 13.8 Å². The Bertz CT molecular complexity index is 1970. The number of hydrogen-bond acceptors (Lipinski definition) is 16. The van der Waals surface area contributed by atoms with Crippen molar-refractivity contribution in [2.75, 3.05) is 13.7 Å². The number of alkyl carbamates (subject to hydrolysis) is 1. The van der Waals surface area contributed by atoms with Crippen LogP contribution < -0.4 is 10.1 Å². The number of ketones is 1. The van der Waals surface area contributed by atoms with E-state index in [0.29, 0.717) is 5.75 Å². The maximum atomic E-state index is 15.6. The number of fused-ring (bicyclic) bond motifs is 5. The fourth-order valence-electron chi connectivity index (χ4n) is 9.85. The number of carbonyl (C=O) groups is 6. The zero-order valence-electron chi connectivity index (χ0n) is 37.7. The van der Waals surface area contributed by atoms with Gasteiger partial charge in [0.25, 0.3) is 0 Å². The van der Waals surface area contributed by atoms with Crippen LogP contribution in [0.2, 0.25) is 0 Å². The number of ether oxygens (including phenoxy) is 7. The third kappa shape index (κ3) is 8.69. The summed E-state index contributed by atoms with van der Waals surface area (Å²) in [5, 5.41) is 39.9. The predicted octanol–water partition coefficient (Wildman–Crippen LogP) is 3.90. The summed E-state index contributed by atoms with van der Waals surface area (Å²) in [6, 6.07) is 4.80. The van der Waals surface area contributed by atoms with Gasteiger partial charge in [-0.15, -0.1) is 0 Å². The zero-order chi connectivity index (χ0) is 46.5. The number of carbonyl (C=O) groups excluding carboxylic acids is 6. The van der Waals surface area contributed by atoms with Crippen molar-refractivity contribution in [3.8, 4) is 5.75 Å². The van der Waals surface area contributed by atoms with Crippen molar-refractivity contribution in [2.24, 2.45) is 22.7 Å².